The molecule has 1 saturated heterocycles. The summed E-state index contributed by atoms with van der Waals surface area (Å²) < 4.78 is 7.20. The number of aryl methyl sites for hydroxylation is 1. The van der Waals surface area contributed by atoms with Crippen molar-refractivity contribution in [2.75, 3.05) is 32.8 Å². The number of aromatic nitrogens is 3. The number of ether oxygens (including phenoxy) is 1. The van der Waals surface area contributed by atoms with E-state index in [9.17, 15) is 9.59 Å². The minimum atomic E-state index is -0.176. The largest absolute Gasteiger partial charge is 0.484 e. The Morgan fingerprint density at radius 3 is 2.22 bits per heavy atom. The number of carbonyl (C=O) groups excluding carboxylic acids is 2. The van der Waals surface area contributed by atoms with Gasteiger partial charge in [0.2, 0.25) is 0 Å². The highest BCUT2D eigenvalue weighted by Gasteiger charge is 2.28. The maximum absolute atomic E-state index is 13.0. The van der Waals surface area contributed by atoms with E-state index < -0.39 is 0 Å². The molecule has 2 aromatic carbocycles. The third kappa shape index (κ3) is 4.75. The number of piperazine rings is 1. The van der Waals surface area contributed by atoms with Gasteiger partial charge in [0.1, 0.15) is 5.75 Å². The van der Waals surface area contributed by atoms with Crippen LogP contribution in [-0.4, -0.2) is 69.4 Å². The van der Waals surface area contributed by atoms with Crippen molar-refractivity contribution in [3.63, 3.8) is 0 Å². The lowest BCUT2D eigenvalue weighted by Crippen LogP contribution is -2.51. The van der Waals surface area contributed by atoms with Crippen molar-refractivity contribution >= 4 is 23.4 Å². The van der Waals surface area contributed by atoms with Crippen LogP contribution in [0.2, 0.25) is 5.02 Å². The van der Waals surface area contributed by atoms with Gasteiger partial charge in [-0.3, -0.25) is 9.59 Å². The number of benzene rings is 2. The van der Waals surface area contributed by atoms with Crippen LogP contribution in [-0.2, 0) is 4.79 Å². The summed E-state index contributed by atoms with van der Waals surface area (Å²) in [6.07, 6.45) is 0. The number of halogens is 1. The fourth-order valence-electron chi connectivity index (χ4n) is 3.53. The molecule has 9 heteroatoms. The highest BCUT2D eigenvalue weighted by atomic mass is 35.5. The molecule has 1 aliphatic heterocycles. The van der Waals surface area contributed by atoms with Crippen LogP contribution < -0.4 is 4.74 Å². The predicted octanol–water partition coefficient (Wildman–Crippen LogP) is 2.90. The van der Waals surface area contributed by atoms with E-state index in [-0.39, 0.29) is 18.4 Å². The van der Waals surface area contributed by atoms with Gasteiger partial charge in [-0.15, -0.1) is 5.10 Å². The monoisotopic (exact) mass is 453 g/mol. The second kappa shape index (κ2) is 9.40. The van der Waals surface area contributed by atoms with Crippen molar-refractivity contribution in [2.24, 2.45) is 0 Å². The summed E-state index contributed by atoms with van der Waals surface area (Å²) in [4.78, 5) is 28.9. The van der Waals surface area contributed by atoms with E-state index in [0.29, 0.717) is 48.3 Å². The molecule has 166 valence electrons. The maximum atomic E-state index is 13.0. The Bertz CT molecular complexity index is 1100. The van der Waals surface area contributed by atoms with Crippen LogP contribution in [0.1, 0.15) is 21.7 Å². The number of hydrogen-bond donors (Lipinski definition) is 0. The van der Waals surface area contributed by atoms with Gasteiger partial charge in [-0.25, -0.2) is 4.68 Å². The van der Waals surface area contributed by atoms with Crippen LogP contribution in [0.5, 0.6) is 5.75 Å². The SMILES string of the molecule is Cc1ccc(-n2nnc(C(=O)N3CCN(C(=O)COc4ccc(Cl)cc4)CC3)c2C)cc1. The molecule has 8 nitrogen and oxygen atoms in total. The summed E-state index contributed by atoms with van der Waals surface area (Å²) in [5.41, 5.74) is 3.02. The highest BCUT2D eigenvalue weighted by Crippen LogP contribution is 2.17. The summed E-state index contributed by atoms with van der Waals surface area (Å²) in [6, 6.07) is 14.7. The summed E-state index contributed by atoms with van der Waals surface area (Å²) in [5.74, 6) is 0.294. The van der Waals surface area contributed by atoms with Crippen LogP contribution >= 0.6 is 11.6 Å². The first kappa shape index (κ1) is 21.8. The fourth-order valence-corrected chi connectivity index (χ4v) is 3.66. The van der Waals surface area contributed by atoms with Crippen molar-refractivity contribution < 1.29 is 14.3 Å². The third-order valence-electron chi connectivity index (χ3n) is 5.47. The third-order valence-corrected chi connectivity index (χ3v) is 5.72. The molecular weight excluding hydrogens is 430 g/mol. The Labute approximate surface area is 191 Å². The molecule has 0 N–H and O–H groups in total. The lowest BCUT2D eigenvalue weighted by Gasteiger charge is -2.34. The summed E-state index contributed by atoms with van der Waals surface area (Å²) >= 11 is 5.85. The van der Waals surface area contributed by atoms with E-state index in [1.807, 2.05) is 38.1 Å². The van der Waals surface area contributed by atoms with Crippen LogP contribution in [0.25, 0.3) is 5.69 Å². The lowest BCUT2D eigenvalue weighted by molar-refractivity contribution is -0.134. The Morgan fingerprint density at radius 2 is 1.56 bits per heavy atom. The molecule has 0 atom stereocenters. The van der Waals surface area contributed by atoms with Gasteiger partial charge < -0.3 is 14.5 Å². The van der Waals surface area contributed by atoms with Gasteiger partial charge in [-0.05, 0) is 50.2 Å². The minimum Gasteiger partial charge on any atom is -0.484 e. The molecule has 4 rings (SSSR count). The van der Waals surface area contributed by atoms with E-state index in [4.69, 9.17) is 16.3 Å². The summed E-state index contributed by atoms with van der Waals surface area (Å²) in [5, 5.41) is 8.90. The van der Waals surface area contributed by atoms with Crippen LogP contribution in [0.4, 0.5) is 0 Å². The van der Waals surface area contributed by atoms with E-state index >= 15 is 0 Å². The van der Waals surface area contributed by atoms with E-state index in [2.05, 4.69) is 10.3 Å². The number of nitrogens with zero attached hydrogens (tertiary/aromatic N) is 5. The van der Waals surface area contributed by atoms with Crippen LogP contribution in [0.3, 0.4) is 0 Å². The molecule has 32 heavy (non-hydrogen) atoms. The first-order valence-corrected chi connectivity index (χ1v) is 10.7. The fraction of sp³-hybridized carbons (Fsp3) is 0.304. The molecule has 0 spiro atoms. The second-order valence-electron chi connectivity index (χ2n) is 7.69. The van der Waals surface area contributed by atoms with Crippen molar-refractivity contribution in [3.8, 4) is 11.4 Å². The average molecular weight is 454 g/mol. The predicted molar refractivity (Wildman–Crippen MR) is 120 cm³/mol. The average Bonchev–Trinajstić information content (AvgIpc) is 3.20. The Hall–Kier alpha value is -3.39. The molecule has 3 aromatic rings. The Balaban J connectivity index is 1.33. The molecule has 0 radical (unpaired) electrons. The van der Waals surface area contributed by atoms with Gasteiger partial charge >= 0.3 is 0 Å². The second-order valence-corrected chi connectivity index (χ2v) is 8.12. The Morgan fingerprint density at radius 1 is 0.938 bits per heavy atom. The molecule has 1 fully saturated rings. The Kier molecular flexibility index (Phi) is 6.41. The van der Waals surface area contributed by atoms with Gasteiger partial charge in [0.05, 0.1) is 11.4 Å². The molecule has 1 aliphatic rings. The molecule has 0 unspecified atom stereocenters. The topological polar surface area (TPSA) is 80.6 Å². The smallest absolute Gasteiger partial charge is 0.276 e. The quantitative estimate of drug-likeness (QED) is 0.593. The number of rotatable bonds is 5. The van der Waals surface area contributed by atoms with Gasteiger partial charge in [-0.1, -0.05) is 34.5 Å². The molecule has 0 aliphatic carbocycles. The lowest BCUT2D eigenvalue weighted by atomic mass is 10.2. The van der Waals surface area contributed by atoms with Crippen LogP contribution in [0, 0.1) is 13.8 Å². The van der Waals surface area contributed by atoms with E-state index in [1.54, 1.807) is 38.7 Å². The molecule has 1 aromatic heterocycles. The maximum Gasteiger partial charge on any atom is 0.276 e. The zero-order valence-corrected chi connectivity index (χ0v) is 18.7. The van der Waals surface area contributed by atoms with Crippen molar-refractivity contribution in [2.45, 2.75) is 13.8 Å². The van der Waals surface area contributed by atoms with Crippen molar-refractivity contribution in [1.82, 2.24) is 24.8 Å². The number of amides is 2. The van der Waals surface area contributed by atoms with Crippen molar-refractivity contribution in [1.29, 1.82) is 0 Å². The molecule has 0 bridgehead atoms. The first-order chi connectivity index (χ1) is 15.4. The number of hydrogen-bond acceptors (Lipinski definition) is 5. The zero-order chi connectivity index (χ0) is 22.7. The van der Waals surface area contributed by atoms with Crippen molar-refractivity contribution in [3.05, 3.63) is 70.5 Å². The van der Waals surface area contributed by atoms with E-state index in [0.717, 1.165) is 11.3 Å². The number of carbonyl (C=O) groups is 2. The highest BCUT2D eigenvalue weighted by molar-refractivity contribution is 6.30. The molecule has 0 saturated carbocycles. The normalized spacial score (nSPS) is 13.8. The van der Waals surface area contributed by atoms with E-state index in [1.165, 1.54) is 0 Å². The standard InChI is InChI=1S/C23H24ClN5O3/c1-16-3-7-19(8-4-16)29-17(2)22(25-26-29)23(31)28-13-11-27(12-14-28)21(30)15-32-20-9-5-18(24)6-10-20/h3-10H,11-15H2,1-2H3. The minimum absolute atomic E-state index is 0.0560. The van der Waals surface area contributed by atoms with Crippen LogP contribution in [0.15, 0.2) is 48.5 Å². The summed E-state index contributed by atoms with van der Waals surface area (Å²) in [6.45, 7) is 5.55. The molecule has 2 amide bonds. The zero-order valence-electron chi connectivity index (χ0n) is 18.0. The summed E-state index contributed by atoms with van der Waals surface area (Å²) in [7, 11) is 0. The first-order valence-electron chi connectivity index (χ1n) is 10.4. The molecular formula is C23H24ClN5O3. The molecule has 2 heterocycles. The van der Waals surface area contributed by atoms with Gasteiger partial charge in [-0.2, -0.15) is 0 Å². The van der Waals surface area contributed by atoms with Gasteiger partial charge in [0, 0.05) is 31.2 Å². The van der Waals surface area contributed by atoms with Gasteiger partial charge in [0.25, 0.3) is 11.8 Å². The van der Waals surface area contributed by atoms with Gasteiger partial charge in [0.15, 0.2) is 12.3 Å².